The van der Waals surface area contributed by atoms with Gasteiger partial charge >= 0.3 is 11.6 Å². The van der Waals surface area contributed by atoms with Gasteiger partial charge in [0.1, 0.15) is 0 Å². The maximum absolute atomic E-state index is 12.3. The van der Waals surface area contributed by atoms with Crippen LogP contribution >= 0.6 is 0 Å². The average molecular weight is 354 g/mol. The number of aromatic amines is 2. The van der Waals surface area contributed by atoms with E-state index in [0.29, 0.717) is 17.1 Å². The highest BCUT2D eigenvalue weighted by Crippen LogP contribution is 2.23. The zero-order valence-electron chi connectivity index (χ0n) is 15.2. The molecule has 4 rings (SSSR count). The number of hydrogen-bond donors (Lipinski definition) is 1. The fourth-order valence-corrected chi connectivity index (χ4v) is 3.83. The van der Waals surface area contributed by atoms with Crippen molar-refractivity contribution in [1.29, 1.82) is 0 Å². The summed E-state index contributed by atoms with van der Waals surface area (Å²) in [6.45, 7) is 1.85. The Bertz CT molecular complexity index is 1040. The van der Waals surface area contributed by atoms with Crippen molar-refractivity contribution in [1.82, 2.24) is 14.1 Å². The van der Waals surface area contributed by atoms with E-state index in [9.17, 15) is 9.59 Å². The van der Waals surface area contributed by atoms with Gasteiger partial charge in [-0.05, 0) is 30.7 Å². The molecule has 0 saturated carbocycles. The first kappa shape index (κ1) is 16.6. The number of benzene rings is 1. The fraction of sp³-hybridized carbons (Fsp3) is 0.421. The van der Waals surface area contributed by atoms with E-state index in [1.54, 1.807) is 7.05 Å². The molecule has 7 nitrogen and oxygen atoms in total. The summed E-state index contributed by atoms with van der Waals surface area (Å²) < 4.78 is 2.60. The van der Waals surface area contributed by atoms with Crippen molar-refractivity contribution < 1.29 is 4.98 Å². The first-order chi connectivity index (χ1) is 12.5. The summed E-state index contributed by atoms with van der Waals surface area (Å²) >= 11 is 0. The Labute approximate surface area is 150 Å². The molecule has 1 saturated heterocycles. The van der Waals surface area contributed by atoms with Gasteiger partial charge in [-0.2, -0.15) is 0 Å². The number of imidazole rings is 1. The van der Waals surface area contributed by atoms with Crippen LogP contribution in [0.2, 0.25) is 0 Å². The Morgan fingerprint density at radius 3 is 2.46 bits per heavy atom. The highest BCUT2D eigenvalue weighted by molar-refractivity contribution is 5.67. The van der Waals surface area contributed by atoms with Crippen molar-refractivity contribution in [3.8, 4) is 0 Å². The van der Waals surface area contributed by atoms with Gasteiger partial charge in [0.25, 0.3) is 5.56 Å². The van der Waals surface area contributed by atoms with E-state index in [4.69, 9.17) is 0 Å². The molecule has 1 aliphatic rings. The van der Waals surface area contributed by atoms with E-state index in [2.05, 4.69) is 45.2 Å². The molecule has 1 fully saturated rings. The molecule has 0 radical (unpaired) electrons. The maximum Gasteiger partial charge on any atom is 0.374 e. The first-order valence-corrected chi connectivity index (χ1v) is 9.04. The molecule has 0 bridgehead atoms. The number of nitrogens with zero attached hydrogens (tertiary/aromatic N) is 3. The van der Waals surface area contributed by atoms with Crippen LogP contribution < -0.4 is 21.1 Å². The van der Waals surface area contributed by atoms with Crippen molar-refractivity contribution in [3.05, 3.63) is 56.7 Å². The number of H-pyrrole nitrogens is 2. The number of aromatic nitrogens is 4. The number of piperidine rings is 1. The van der Waals surface area contributed by atoms with Crippen LogP contribution in [0.3, 0.4) is 0 Å². The zero-order chi connectivity index (χ0) is 18.3. The van der Waals surface area contributed by atoms with Crippen LogP contribution in [0.15, 0.2) is 39.9 Å². The summed E-state index contributed by atoms with van der Waals surface area (Å²) in [5.41, 5.74) is 1.74. The van der Waals surface area contributed by atoms with E-state index in [-0.39, 0.29) is 11.2 Å². The predicted molar refractivity (Wildman–Crippen MR) is 100 cm³/mol. The maximum atomic E-state index is 12.3. The Morgan fingerprint density at radius 2 is 1.77 bits per heavy atom. The van der Waals surface area contributed by atoms with Crippen LogP contribution in [-0.4, -0.2) is 27.2 Å². The topological polar surface area (TPSA) is 77.2 Å². The minimum Gasteiger partial charge on any atom is -0.284 e. The van der Waals surface area contributed by atoms with Gasteiger partial charge in [-0.15, -0.1) is 0 Å². The number of hydrogen-bond acceptors (Lipinski definition) is 3. The molecule has 3 heterocycles. The van der Waals surface area contributed by atoms with E-state index < -0.39 is 0 Å². The second-order valence-electron chi connectivity index (χ2n) is 7.15. The molecule has 0 unspecified atom stereocenters. The largest absolute Gasteiger partial charge is 0.374 e. The molecule has 2 aromatic heterocycles. The van der Waals surface area contributed by atoms with E-state index >= 15 is 0 Å². The molecule has 0 atom stereocenters. The van der Waals surface area contributed by atoms with E-state index in [1.165, 1.54) is 17.2 Å². The van der Waals surface area contributed by atoms with Gasteiger partial charge in [0.05, 0.1) is 20.1 Å². The monoisotopic (exact) mass is 354 g/mol. The summed E-state index contributed by atoms with van der Waals surface area (Å²) in [6.07, 6.45) is 3.32. The SMILES string of the molecule is Cn1c(=O)c2[nH]c(N3CCC(Cc4ccccc4)CC3)[nH+]c2n(C)c1=O. The average Bonchev–Trinajstić information content (AvgIpc) is 3.12. The smallest absolute Gasteiger partial charge is 0.284 e. The molecule has 26 heavy (non-hydrogen) atoms. The Hall–Kier alpha value is -2.83. The third kappa shape index (κ3) is 2.83. The van der Waals surface area contributed by atoms with Gasteiger partial charge in [0.15, 0.2) is 0 Å². The van der Waals surface area contributed by atoms with Crippen LogP contribution in [0.25, 0.3) is 11.2 Å². The molecule has 1 aliphatic heterocycles. The summed E-state index contributed by atoms with van der Waals surface area (Å²) in [6, 6.07) is 10.6. The number of rotatable bonds is 3. The number of nitrogens with one attached hydrogen (secondary N) is 2. The molecule has 7 heteroatoms. The van der Waals surface area contributed by atoms with Crippen molar-refractivity contribution in [2.45, 2.75) is 19.3 Å². The molecule has 3 aromatic rings. The summed E-state index contributed by atoms with van der Waals surface area (Å²) in [7, 11) is 3.17. The number of anilines is 1. The number of aryl methyl sites for hydroxylation is 1. The predicted octanol–water partition coefficient (Wildman–Crippen LogP) is 0.838. The third-order valence-corrected chi connectivity index (χ3v) is 5.44. The minimum atomic E-state index is -0.328. The van der Waals surface area contributed by atoms with Crippen LogP contribution in [0.4, 0.5) is 5.95 Å². The molecule has 0 spiro atoms. The van der Waals surface area contributed by atoms with Crippen LogP contribution in [0.1, 0.15) is 18.4 Å². The second kappa shape index (κ2) is 6.48. The van der Waals surface area contributed by atoms with Gasteiger partial charge in [0.2, 0.25) is 11.2 Å². The van der Waals surface area contributed by atoms with Gasteiger partial charge in [-0.25, -0.2) is 14.3 Å². The fourth-order valence-electron chi connectivity index (χ4n) is 3.83. The van der Waals surface area contributed by atoms with Gasteiger partial charge in [0, 0.05) is 7.05 Å². The first-order valence-electron chi connectivity index (χ1n) is 9.04. The van der Waals surface area contributed by atoms with Crippen LogP contribution in [0, 0.1) is 5.92 Å². The molecule has 0 amide bonds. The van der Waals surface area contributed by atoms with E-state index in [1.807, 2.05) is 0 Å². The Morgan fingerprint density at radius 1 is 1.08 bits per heavy atom. The molecule has 1 aromatic carbocycles. The van der Waals surface area contributed by atoms with Crippen LogP contribution in [-0.2, 0) is 20.5 Å². The second-order valence-corrected chi connectivity index (χ2v) is 7.15. The normalized spacial score (nSPS) is 15.7. The third-order valence-electron chi connectivity index (χ3n) is 5.44. The van der Waals surface area contributed by atoms with Crippen LogP contribution in [0.5, 0.6) is 0 Å². The highest BCUT2D eigenvalue weighted by atomic mass is 16.2. The number of fused-ring (bicyclic) bond motifs is 1. The Balaban J connectivity index is 1.53. The Kier molecular flexibility index (Phi) is 4.14. The van der Waals surface area contributed by atoms with Crippen molar-refractivity contribution in [2.24, 2.45) is 20.0 Å². The summed E-state index contributed by atoms with van der Waals surface area (Å²) in [5.74, 6) is 1.48. The van der Waals surface area contributed by atoms with E-state index in [0.717, 1.165) is 42.9 Å². The summed E-state index contributed by atoms with van der Waals surface area (Å²) in [4.78, 5) is 33.1. The summed E-state index contributed by atoms with van der Waals surface area (Å²) in [5, 5.41) is 0. The van der Waals surface area contributed by atoms with Gasteiger partial charge < -0.3 is 0 Å². The van der Waals surface area contributed by atoms with Crippen molar-refractivity contribution in [3.63, 3.8) is 0 Å². The lowest BCUT2D eigenvalue weighted by Crippen LogP contribution is -2.39. The standard InChI is InChI=1S/C19H23N5O2/c1-22-16-15(17(25)23(2)19(22)26)20-18(21-16)24-10-8-14(9-11-24)12-13-6-4-3-5-7-13/h3-7,14H,8-12H2,1-2H3,(H,20,21)/p+1. The lowest BCUT2D eigenvalue weighted by Gasteiger charge is -2.28. The molecule has 136 valence electrons. The molecular formula is C19H24N5O2+. The molecular weight excluding hydrogens is 330 g/mol. The van der Waals surface area contributed by atoms with Gasteiger partial charge in [-0.3, -0.25) is 19.2 Å². The zero-order valence-corrected chi connectivity index (χ0v) is 15.2. The molecule has 0 aliphatic carbocycles. The minimum absolute atomic E-state index is 0.301. The lowest BCUT2D eigenvalue weighted by molar-refractivity contribution is -0.335. The quantitative estimate of drug-likeness (QED) is 0.757. The highest BCUT2D eigenvalue weighted by Gasteiger charge is 2.27. The van der Waals surface area contributed by atoms with Gasteiger partial charge in [-0.1, -0.05) is 30.3 Å². The molecule has 2 N–H and O–H groups in total. The van der Waals surface area contributed by atoms with Crippen molar-refractivity contribution in [2.75, 3.05) is 18.0 Å². The lowest BCUT2D eigenvalue weighted by atomic mass is 9.90. The van der Waals surface area contributed by atoms with Crippen molar-refractivity contribution >= 4 is 17.1 Å².